The van der Waals surface area contributed by atoms with E-state index in [1.807, 2.05) is 48.5 Å². The van der Waals surface area contributed by atoms with Crippen LogP contribution in [0.2, 0.25) is 5.02 Å². The van der Waals surface area contributed by atoms with E-state index in [9.17, 15) is 9.59 Å². The molecule has 1 amide bonds. The number of ether oxygens (including phenoxy) is 2. The summed E-state index contributed by atoms with van der Waals surface area (Å²) in [6.45, 7) is 0.230. The van der Waals surface area contributed by atoms with Gasteiger partial charge in [-0.25, -0.2) is 4.79 Å². The fourth-order valence-corrected chi connectivity index (χ4v) is 3.39. The summed E-state index contributed by atoms with van der Waals surface area (Å²) in [6, 6.07) is 18.8. The zero-order valence-electron chi connectivity index (χ0n) is 17.1. The van der Waals surface area contributed by atoms with Gasteiger partial charge in [0.25, 0.3) is 0 Å². The molecule has 3 aromatic rings. The van der Waals surface area contributed by atoms with Crippen molar-refractivity contribution < 1.29 is 19.1 Å². The third-order valence-electron chi connectivity index (χ3n) is 4.73. The molecular formula is C24H23ClN2O4. The highest BCUT2D eigenvalue weighted by molar-refractivity contribution is 6.34. The molecule has 0 saturated carbocycles. The van der Waals surface area contributed by atoms with Gasteiger partial charge < -0.3 is 15.2 Å². The lowest BCUT2D eigenvalue weighted by Crippen LogP contribution is -2.15. The summed E-state index contributed by atoms with van der Waals surface area (Å²) < 4.78 is 10.3. The van der Waals surface area contributed by atoms with Gasteiger partial charge in [-0.05, 0) is 36.1 Å². The Labute approximate surface area is 185 Å². The number of nitrogens with two attached hydrogens (primary N) is 1. The van der Waals surface area contributed by atoms with Crippen molar-refractivity contribution in [1.82, 2.24) is 0 Å². The summed E-state index contributed by atoms with van der Waals surface area (Å²) in [7, 11) is 1.43. The molecule has 0 spiro atoms. The molecule has 0 saturated heterocycles. The fourth-order valence-electron chi connectivity index (χ4n) is 3.17. The highest BCUT2D eigenvalue weighted by Crippen LogP contribution is 2.30. The summed E-state index contributed by atoms with van der Waals surface area (Å²) in [5, 5.41) is 2.78. The largest absolute Gasteiger partial charge is 0.496 e. The molecule has 31 heavy (non-hydrogen) atoms. The molecule has 6 nitrogen and oxygen atoms in total. The average Bonchev–Trinajstić information content (AvgIpc) is 2.78. The van der Waals surface area contributed by atoms with E-state index in [1.54, 1.807) is 0 Å². The number of rotatable bonds is 8. The van der Waals surface area contributed by atoms with Gasteiger partial charge in [0, 0.05) is 17.3 Å². The van der Waals surface area contributed by atoms with Gasteiger partial charge in [0.1, 0.15) is 5.75 Å². The third kappa shape index (κ3) is 5.77. The summed E-state index contributed by atoms with van der Waals surface area (Å²) in [4.78, 5) is 23.1. The molecule has 3 aromatic carbocycles. The van der Waals surface area contributed by atoms with Gasteiger partial charge in [-0.2, -0.15) is 0 Å². The molecule has 0 fully saturated rings. The first kappa shape index (κ1) is 22.2. The molecule has 0 aliphatic carbocycles. The van der Waals surface area contributed by atoms with Crippen LogP contribution in [0.4, 0.5) is 16.2 Å². The van der Waals surface area contributed by atoms with Crippen molar-refractivity contribution in [1.29, 1.82) is 0 Å². The first-order valence-electron chi connectivity index (χ1n) is 9.72. The number of anilines is 2. The van der Waals surface area contributed by atoms with Gasteiger partial charge in [0.05, 0.1) is 30.0 Å². The first-order valence-corrected chi connectivity index (χ1v) is 10.1. The monoisotopic (exact) mass is 438 g/mol. The van der Waals surface area contributed by atoms with Gasteiger partial charge in [-0.3, -0.25) is 10.1 Å². The van der Waals surface area contributed by atoms with Crippen LogP contribution in [0.5, 0.6) is 5.75 Å². The Kier molecular flexibility index (Phi) is 7.51. The number of nitrogens with one attached hydrogen (secondary N) is 1. The molecular weight excluding hydrogens is 416 g/mol. The summed E-state index contributed by atoms with van der Waals surface area (Å²) in [5.74, 6) is 0.311. The molecule has 7 heteroatoms. The molecule has 0 aliphatic heterocycles. The Balaban J connectivity index is 1.50. The summed E-state index contributed by atoms with van der Waals surface area (Å²) in [5.41, 5.74) is 10.7. The summed E-state index contributed by atoms with van der Waals surface area (Å²) >= 11 is 6.10. The van der Waals surface area contributed by atoms with Gasteiger partial charge in [-0.1, -0.05) is 54.1 Å². The van der Waals surface area contributed by atoms with E-state index in [4.69, 9.17) is 26.8 Å². The SMILES string of the molecule is COc1cc(NC(=O)OCCCc2ccc(-c3ccccc3)c(N)c2)c(Cl)cc1C=O. The lowest BCUT2D eigenvalue weighted by molar-refractivity contribution is 0.112. The minimum absolute atomic E-state index is 0.217. The van der Waals surface area contributed by atoms with Crippen molar-refractivity contribution >= 4 is 35.4 Å². The van der Waals surface area contributed by atoms with Crippen LogP contribution in [-0.2, 0) is 11.2 Å². The van der Waals surface area contributed by atoms with Gasteiger partial charge in [0.15, 0.2) is 6.29 Å². The van der Waals surface area contributed by atoms with Crippen LogP contribution in [0.15, 0.2) is 60.7 Å². The van der Waals surface area contributed by atoms with Crippen LogP contribution in [0.1, 0.15) is 22.3 Å². The van der Waals surface area contributed by atoms with Crippen molar-refractivity contribution in [3.63, 3.8) is 0 Å². The standard InChI is InChI=1S/C24H23ClN2O4/c1-30-23-14-22(20(25)13-18(23)15-28)27-24(29)31-11-5-6-16-9-10-19(21(26)12-16)17-7-3-2-4-8-17/h2-4,7-10,12-15H,5-6,11,26H2,1H3,(H,27,29). The number of halogens is 1. The van der Waals surface area contributed by atoms with Crippen LogP contribution in [0, 0.1) is 0 Å². The Morgan fingerprint density at radius 1 is 1.13 bits per heavy atom. The van der Waals surface area contributed by atoms with E-state index < -0.39 is 6.09 Å². The second kappa shape index (κ2) is 10.5. The maximum Gasteiger partial charge on any atom is 0.411 e. The molecule has 3 N–H and O–H groups in total. The second-order valence-corrected chi connectivity index (χ2v) is 7.25. The van der Waals surface area contributed by atoms with Crippen LogP contribution in [0.25, 0.3) is 11.1 Å². The van der Waals surface area contributed by atoms with E-state index >= 15 is 0 Å². The number of aldehydes is 1. The maximum atomic E-state index is 12.1. The number of hydrogen-bond donors (Lipinski definition) is 2. The van der Waals surface area contributed by atoms with Crippen LogP contribution >= 0.6 is 11.6 Å². The van der Waals surface area contributed by atoms with Crippen LogP contribution < -0.4 is 15.8 Å². The number of methoxy groups -OCH3 is 1. The zero-order chi connectivity index (χ0) is 22.2. The number of benzene rings is 3. The fraction of sp³-hybridized carbons (Fsp3) is 0.167. The van der Waals surface area contributed by atoms with Crippen LogP contribution in [0.3, 0.4) is 0 Å². The average molecular weight is 439 g/mol. The number of hydrogen-bond acceptors (Lipinski definition) is 5. The van der Waals surface area contributed by atoms with E-state index in [2.05, 4.69) is 5.32 Å². The lowest BCUT2D eigenvalue weighted by atomic mass is 10.00. The maximum absolute atomic E-state index is 12.1. The second-order valence-electron chi connectivity index (χ2n) is 6.84. The lowest BCUT2D eigenvalue weighted by Gasteiger charge is -2.12. The predicted octanol–water partition coefficient (Wildman–Crippen LogP) is 5.59. The molecule has 0 aromatic heterocycles. The van der Waals surface area contributed by atoms with E-state index in [0.717, 1.165) is 23.1 Å². The van der Waals surface area contributed by atoms with Crippen molar-refractivity contribution in [3.8, 4) is 16.9 Å². The minimum atomic E-state index is -0.637. The topological polar surface area (TPSA) is 90.7 Å². The van der Waals surface area contributed by atoms with Gasteiger partial charge in [-0.15, -0.1) is 0 Å². The molecule has 0 atom stereocenters. The van der Waals surface area contributed by atoms with Crippen molar-refractivity contribution in [2.45, 2.75) is 12.8 Å². The number of nitrogen functional groups attached to an aromatic ring is 1. The zero-order valence-corrected chi connectivity index (χ0v) is 17.8. The Bertz CT molecular complexity index is 1070. The van der Waals surface area contributed by atoms with E-state index in [0.29, 0.717) is 35.4 Å². The summed E-state index contributed by atoms with van der Waals surface area (Å²) in [6.07, 6.45) is 1.35. The highest BCUT2D eigenvalue weighted by atomic mass is 35.5. The Hall–Kier alpha value is -3.51. The molecule has 0 radical (unpaired) electrons. The van der Waals surface area contributed by atoms with Gasteiger partial charge in [0.2, 0.25) is 0 Å². The number of aryl methyl sites for hydroxylation is 1. The molecule has 160 valence electrons. The number of amides is 1. The number of carbonyl (C=O) groups is 2. The quantitative estimate of drug-likeness (QED) is 0.271. The van der Waals surface area contributed by atoms with Crippen molar-refractivity contribution in [2.24, 2.45) is 0 Å². The molecule has 0 unspecified atom stereocenters. The Morgan fingerprint density at radius 3 is 2.58 bits per heavy atom. The predicted molar refractivity (Wildman–Crippen MR) is 123 cm³/mol. The highest BCUT2D eigenvalue weighted by Gasteiger charge is 2.12. The molecule has 0 heterocycles. The smallest absolute Gasteiger partial charge is 0.411 e. The molecule has 3 rings (SSSR count). The van der Waals surface area contributed by atoms with E-state index in [1.165, 1.54) is 19.2 Å². The number of carbonyl (C=O) groups excluding carboxylic acids is 2. The minimum Gasteiger partial charge on any atom is -0.496 e. The third-order valence-corrected chi connectivity index (χ3v) is 5.04. The van der Waals surface area contributed by atoms with Crippen LogP contribution in [-0.4, -0.2) is 26.1 Å². The molecule has 0 bridgehead atoms. The normalized spacial score (nSPS) is 10.4. The van der Waals surface area contributed by atoms with E-state index in [-0.39, 0.29) is 11.6 Å². The van der Waals surface area contributed by atoms with Crippen molar-refractivity contribution in [2.75, 3.05) is 24.8 Å². The Morgan fingerprint density at radius 2 is 1.90 bits per heavy atom. The van der Waals surface area contributed by atoms with Gasteiger partial charge >= 0.3 is 6.09 Å². The first-order chi connectivity index (χ1) is 15.0. The van der Waals surface area contributed by atoms with Crippen molar-refractivity contribution in [3.05, 3.63) is 76.8 Å². The molecule has 0 aliphatic rings.